The van der Waals surface area contributed by atoms with E-state index in [0.717, 1.165) is 24.9 Å². The van der Waals surface area contributed by atoms with E-state index in [1.807, 2.05) is 0 Å². The highest BCUT2D eigenvalue weighted by molar-refractivity contribution is 5.78. The van der Waals surface area contributed by atoms with Crippen LogP contribution in [-0.2, 0) is 4.79 Å². The molecule has 1 saturated heterocycles. The van der Waals surface area contributed by atoms with E-state index >= 15 is 0 Å². The molecular formula is C11H20N2O2. The Bertz CT molecular complexity index is 221. The lowest BCUT2D eigenvalue weighted by Crippen LogP contribution is -2.37. The third-order valence-electron chi connectivity index (χ3n) is 3.60. The van der Waals surface area contributed by atoms with E-state index in [-0.39, 0.29) is 12.5 Å². The van der Waals surface area contributed by atoms with Gasteiger partial charge in [0.2, 0.25) is 5.91 Å². The van der Waals surface area contributed by atoms with Crippen LogP contribution in [0.2, 0.25) is 0 Å². The molecule has 0 aromatic carbocycles. The zero-order valence-corrected chi connectivity index (χ0v) is 9.11. The molecule has 2 fully saturated rings. The van der Waals surface area contributed by atoms with Crippen molar-refractivity contribution in [3.05, 3.63) is 0 Å². The lowest BCUT2D eigenvalue weighted by molar-refractivity contribution is -0.122. The van der Waals surface area contributed by atoms with Crippen LogP contribution in [0.25, 0.3) is 0 Å². The topological polar surface area (TPSA) is 52.6 Å². The van der Waals surface area contributed by atoms with E-state index in [1.54, 1.807) is 0 Å². The third kappa shape index (κ3) is 2.69. The number of nitrogens with zero attached hydrogens (tertiary/aromatic N) is 1. The first-order chi connectivity index (χ1) is 7.29. The number of amides is 1. The number of hydrogen-bond donors (Lipinski definition) is 2. The second kappa shape index (κ2) is 4.94. The van der Waals surface area contributed by atoms with Crippen molar-refractivity contribution >= 4 is 5.91 Å². The molecule has 0 radical (unpaired) electrons. The minimum absolute atomic E-state index is 0.0248. The van der Waals surface area contributed by atoms with E-state index in [4.69, 9.17) is 5.11 Å². The molecule has 2 unspecified atom stereocenters. The fourth-order valence-corrected chi connectivity index (χ4v) is 2.92. The summed E-state index contributed by atoms with van der Waals surface area (Å²) in [6.45, 7) is 3.10. The normalized spacial score (nSPS) is 30.5. The maximum atomic E-state index is 11.4. The summed E-state index contributed by atoms with van der Waals surface area (Å²) in [5, 5.41) is 11.3. The van der Waals surface area contributed by atoms with Crippen molar-refractivity contribution in [1.82, 2.24) is 10.2 Å². The van der Waals surface area contributed by atoms with Crippen LogP contribution in [0.15, 0.2) is 0 Å². The Hall–Kier alpha value is -0.610. The van der Waals surface area contributed by atoms with Gasteiger partial charge in [0.1, 0.15) is 0 Å². The summed E-state index contributed by atoms with van der Waals surface area (Å²) in [6, 6.07) is 0. The van der Waals surface area contributed by atoms with Crippen LogP contribution in [0, 0.1) is 11.8 Å². The molecule has 2 atom stereocenters. The molecule has 0 bridgehead atoms. The van der Waals surface area contributed by atoms with Crippen LogP contribution in [0.3, 0.4) is 0 Å². The molecule has 1 amide bonds. The van der Waals surface area contributed by atoms with Crippen LogP contribution in [-0.4, -0.2) is 48.7 Å². The van der Waals surface area contributed by atoms with Gasteiger partial charge in [-0.3, -0.25) is 9.69 Å². The molecule has 0 aromatic heterocycles. The van der Waals surface area contributed by atoms with Gasteiger partial charge in [0.05, 0.1) is 13.2 Å². The molecule has 2 rings (SSSR count). The van der Waals surface area contributed by atoms with Crippen LogP contribution in [0.4, 0.5) is 0 Å². The fourth-order valence-electron chi connectivity index (χ4n) is 2.92. The molecule has 0 aromatic rings. The van der Waals surface area contributed by atoms with Gasteiger partial charge in [-0.05, 0) is 24.7 Å². The van der Waals surface area contributed by atoms with E-state index in [2.05, 4.69) is 10.2 Å². The van der Waals surface area contributed by atoms with Gasteiger partial charge in [-0.25, -0.2) is 0 Å². The predicted molar refractivity (Wildman–Crippen MR) is 57.4 cm³/mol. The number of likely N-dealkylation sites (tertiary alicyclic amines) is 1. The summed E-state index contributed by atoms with van der Waals surface area (Å²) in [5.41, 5.74) is 0. The summed E-state index contributed by atoms with van der Waals surface area (Å²) in [6.07, 6.45) is 4.07. The van der Waals surface area contributed by atoms with E-state index in [1.165, 1.54) is 19.3 Å². The quantitative estimate of drug-likeness (QED) is 0.680. The first-order valence-electron chi connectivity index (χ1n) is 5.89. The Balaban J connectivity index is 1.70. The minimum Gasteiger partial charge on any atom is -0.395 e. The van der Waals surface area contributed by atoms with Crippen molar-refractivity contribution in [1.29, 1.82) is 0 Å². The smallest absolute Gasteiger partial charge is 0.234 e. The number of carbonyl (C=O) groups excluding carboxylic acids is 1. The van der Waals surface area contributed by atoms with E-state index < -0.39 is 0 Å². The first kappa shape index (κ1) is 10.9. The summed E-state index contributed by atoms with van der Waals surface area (Å²) < 4.78 is 0. The highest BCUT2D eigenvalue weighted by atomic mass is 16.3. The van der Waals surface area contributed by atoms with Gasteiger partial charge < -0.3 is 10.4 Å². The third-order valence-corrected chi connectivity index (χ3v) is 3.60. The first-order valence-corrected chi connectivity index (χ1v) is 5.89. The molecule has 4 nitrogen and oxygen atoms in total. The van der Waals surface area contributed by atoms with E-state index in [9.17, 15) is 4.79 Å². The SMILES string of the molecule is O=C(CN1CC2CCCC2C1)NCCO. The Morgan fingerprint density at radius 3 is 2.60 bits per heavy atom. The molecule has 1 saturated carbocycles. The van der Waals surface area contributed by atoms with Gasteiger partial charge in [-0.15, -0.1) is 0 Å². The molecular weight excluding hydrogens is 192 g/mol. The molecule has 2 N–H and O–H groups in total. The maximum Gasteiger partial charge on any atom is 0.234 e. The van der Waals surface area contributed by atoms with Crippen molar-refractivity contribution in [2.45, 2.75) is 19.3 Å². The Morgan fingerprint density at radius 1 is 1.33 bits per heavy atom. The molecule has 2 aliphatic rings. The molecule has 15 heavy (non-hydrogen) atoms. The number of nitrogens with one attached hydrogen (secondary N) is 1. The molecule has 0 spiro atoms. The van der Waals surface area contributed by atoms with Crippen molar-refractivity contribution in [3.63, 3.8) is 0 Å². The fraction of sp³-hybridized carbons (Fsp3) is 0.909. The zero-order chi connectivity index (χ0) is 10.7. The van der Waals surface area contributed by atoms with Crippen molar-refractivity contribution < 1.29 is 9.90 Å². The van der Waals surface area contributed by atoms with Crippen molar-refractivity contribution in [2.24, 2.45) is 11.8 Å². The van der Waals surface area contributed by atoms with Gasteiger partial charge in [0, 0.05) is 19.6 Å². The van der Waals surface area contributed by atoms with Crippen LogP contribution >= 0.6 is 0 Å². The van der Waals surface area contributed by atoms with Gasteiger partial charge >= 0.3 is 0 Å². The van der Waals surface area contributed by atoms with E-state index in [0.29, 0.717) is 13.1 Å². The Morgan fingerprint density at radius 2 is 2.00 bits per heavy atom. The van der Waals surface area contributed by atoms with Gasteiger partial charge in [-0.2, -0.15) is 0 Å². The lowest BCUT2D eigenvalue weighted by atomic mass is 10.0. The Kier molecular flexibility index (Phi) is 3.59. The average molecular weight is 212 g/mol. The van der Waals surface area contributed by atoms with Crippen LogP contribution in [0.1, 0.15) is 19.3 Å². The standard InChI is InChI=1S/C11H20N2O2/c14-5-4-12-11(15)8-13-6-9-2-1-3-10(9)7-13/h9-10,14H,1-8H2,(H,12,15). The number of fused-ring (bicyclic) bond motifs is 1. The molecule has 1 aliphatic heterocycles. The number of aliphatic hydroxyl groups is 1. The lowest BCUT2D eigenvalue weighted by Gasteiger charge is -2.15. The van der Waals surface area contributed by atoms with Crippen molar-refractivity contribution in [3.8, 4) is 0 Å². The van der Waals surface area contributed by atoms with Crippen LogP contribution in [0.5, 0.6) is 0 Å². The largest absolute Gasteiger partial charge is 0.395 e. The van der Waals surface area contributed by atoms with Crippen LogP contribution < -0.4 is 5.32 Å². The summed E-state index contributed by atoms with van der Waals surface area (Å²) >= 11 is 0. The zero-order valence-electron chi connectivity index (χ0n) is 9.11. The predicted octanol–water partition coefficient (Wildman–Crippen LogP) is -0.173. The minimum atomic E-state index is 0.0248. The highest BCUT2D eigenvalue weighted by Gasteiger charge is 2.36. The van der Waals surface area contributed by atoms with Gasteiger partial charge in [0.25, 0.3) is 0 Å². The van der Waals surface area contributed by atoms with Crippen molar-refractivity contribution in [2.75, 3.05) is 32.8 Å². The molecule has 1 aliphatic carbocycles. The number of carbonyl (C=O) groups is 1. The summed E-state index contributed by atoms with van der Waals surface area (Å²) in [4.78, 5) is 13.7. The molecule has 1 heterocycles. The Labute approximate surface area is 90.6 Å². The number of hydrogen-bond acceptors (Lipinski definition) is 3. The molecule has 86 valence electrons. The monoisotopic (exact) mass is 212 g/mol. The maximum absolute atomic E-state index is 11.4. The summed E-state index contributed by atoms with van der Waals surface area (Å²) in [5.74, 6) is 1.73. The van der Waals surface area contributed by atoms with Gasteiger partial charge in [-0.1, -0.05) is 6.42 Å². The second-order valence-electron chi connectivity index (χ2n) is 4.72. The number of rotatable bonds is 4. The average Bonchev–Trinajstić information content (AvgIpc) is 2.74. The number of aliphatic hydroxyl groups excluding tert-OH is 1. The summed E-state index contributed by atoms with van der Waals surface area (Å²) in [7, 11) is 0. The second-order valence-corrected chi connectivity index (χ2v) is 4.72. The molecule has 4 heteroatoms. The highest BCUT2D eigenvalue weighted by Crippen LogP contribution is 2.37. The van der Waals surface area contributed by atoms with Gasteiger partial charge in [0.15, 0.2) is 0 Å².